The average Bonchev–Trinajstić information content (AvgIpc) is 2.46. The van der Waals surface area contributed by atoms with Crippen LogP contribution < -0.4 is 5.32 Å². The van der Waals surface area contributed by atoms with Crippen LogP contribution in [0.2, 0.25) is 0 Å². The van der Waals surface area contributed by atoms with Crippen molar-refractivity contribution in [1.82, 2.24) is 5.32 Å². The predicted molar refractivity (Wildman–Crippen MR) is 85.7 cm³/mol. The third kappa shape index (κ3) is 7.58. The molecule has 1 N–H and O–H groups in total. The Morgan fingerprint density at radius 3 is 2.43 bits per heavy atom. The van der Waals surface area contributed by atoms with Crippen molar-refractivity contribution in [3.8, 4) is 0 Å². The average molecular weight is 295 g/mol. The monoisotopic (exact) mass is 295 g/mol. The van der Waals surface area contributed by atoms with Crippen molar-refractivity contribution in [2.24, 2.45) is 0 Å². The van der Waals surface area contributed by atoms with Gasteiger partial charge in [-0.2, -0.15) is 0 Å². The van der Waals surface area contributed by atoms with Crippen LogP contribution in [0.5, 0.6) is 0 Å². The van der Waals surface area contributed by atoms with Gasteiger partial charge in [0.25, 0.3) is 0 Å². The van der Waals surface area contributed by atoms with Crippen LogP contribution in [0, 0.1) is 6.92 Å². The fraction of sp³-hybridized carbons (Fsp3) is 0.647. The van der Waals surface area contributed by atoms with Crippen LogP contribution in [-0.2, 0) is 14.2 Å². The molecule has 0 aliphatic heterocycles. The Kier molecular flexibility index (Phi) is 9.26. The van der Waals surface area contributed by atoms with Gasteiger partial charge in [-0.15, -0.1) is 0 Å². The summed E-state index contributed by atoms with van der Waals surface area (Å²) in [6, 6.07) is 8.81. The molecule has 4 heteroatoms. The highest BCUT2D eigenvalue weighted by Gasteiger charge is 2.14. The van der Waals surface area contributed by atoms with Gasteiger partial charge >= 0.3 is 0 Å². The van der Waals surface area contributed by atoms with Gasteiger partial charge in [0.2, 0.25) is 0 Å². The molecular formula is C17H29NO3. The van der Waals surface area contributed by atoms with E-state index >= 15 is 0 Å². The minimum Gasteiger partial charge on any atom is -0.382 e. The number of rotatable bonds is 11. The summed E-state index contributed by atoms with van der Waals surface area (Å²) < 4.78 is 16.4. The molecule has 0 saturated heterocycles. The number of ether oxygens (including phenoxy) is 3. The van der Waals surface area contributed by atoms with Crippen LogP contribution >= 0.6 is 0 Å². The zero-order valence-electron chi connectivity index (χ0n) is 13.7. The smallest absolute Gasteiger partial charge is 0.0953 e. The highest BCUT2D eigenvalue weighted by molar-refractivity contribution is 5.28. The van der Waals surface area contributed by atoms with E-state index in [0.29, 0.717) is 32.5 Å². The molecule has 0 bridgehead atoms. The topological polar surface area (TPSA) is 39.7 Å². The van der Waals surface area contributed by atoms with E-state index in [4.69, 9.17) is 14.2 Å². The molecule has 0 aromatic heterocycles. The number of nitrogens with one attached hydrogen (secondary N) is 1. The quantitative estimate of drug-likeness (QED) is 0.637. The largest absolute Gasteiger partial charge is 0.382 e. The Bertz CT molecular complexity index is 382. The van der Waals surface area contributed by atoms with Crippen molar-refractivity contribution >= 4 is 0 Å². The van der Waals surface area contributed by atoms with E-state index in [-0.39, 0.29) is 6.10 Å². The first kappa shape index (κ1) is 18.1. The molecule has 0 aliphatic rings. The maximum atomic E-state index is 6.01. The summed E-state index contributed by atoms with van der Waals surface area (Å²) in [6.07, 6.45) is 0.0552. The van der Waals surface area contributed by atoms with Gasteiger partial charge < -0.3 is 19.5 Å². The van der Waals surface area contributed by atoms with E-state index in [9.17, 15) is 0 Å². The third-order valence-corrected chi connectivity index (χ3v) is 3.23. The van der Waals surface area contributed by atoms with Crippen molar-refractivity contribution in [1.29, 1.82) is 0 Å². The fourth-order valence-electron chi connectivity index (χ4n) is 2.04. The first-order valence-electron chi connectivity index (χ1n) is 7.62. The summed E-state index contributed by atoms with van der Waals surface area (Å²) in [5.74, 6) is 0. The van der Waals surface area contributed by atoms with Crippen molar-refractivity contribution in [2.75, 3.05) is 40.1 Å². The van der Waals surface area contributed by atoms with Crippen molar-refractivity contribution in [3.63, 3.8) is 0 Å². The van der Waals surface area contributed by atoms with Crippen LogP contribution in [0.25, 0.3) is 0 Å². The SMILES string of the molecule is COCCOCCOC(CNC(C)C)c1ccccc1C. The molecule has 4 nitrogen and oxygen atoms in total. The lowest BCUT2D eigenvalue weighted by atomic mass is 10.0. The van der Waals surface area contributed by atoms with E-state index in [0.717, 1.165) is 6.54 Å². The molecule has 1 atom stereocenters. The second kappa shape index (κ2) is 10.7. The molecule has 0 aliphatic carbocycles. The molecular weight excluding hydrogens is 266 g/mol. The molecule has 0 fully saturated rings. The molecule has 0 amide bonds. The molecule has 1 aromatic carbocycles. The lowest BCUT2D eigenvalue weighted by Gasteiger charge is -2.22. The number of methoxy groups -OCH3 is 1. The van der Waals surface area contributed by atoms with Gasteiger partial charge in [-0.05, 0) is 18.1 Å². The number of hydrogen-bond acceptors (Lipinski definition) is 4. The van der Waals surface area contributed by atoms with E-state index in [2.05, 4.69) is 50.4 Å². The number of benzene rings is 1. The van der Waals surface area contributed by atoms with Crippen LogP contribution in [-0.4, -0.2) is 46.1 Å². The van der Waals surface area contributed by atoms with Crippen LogP contribution in [0.1, 0.15) is 31.1 Å². The fourth-order valence-corrected chi connectivity index (χ4v) is 2.04. The van der Waals surface area contributed by atoms with E-state index in [1.165, 1.54) is 11.1 Å². The maximum Gasteiger partial charge on any atom is 0.0953 e. The highest BCUT2D eigenvalue weighted by atomic mass is 16.5. The second-order valence-corrected chi connectivity index (χ2v) is 5.38. The van der Waals surface area contributed by atoms with E-state index in [1.807, 2.05) is 0 Å². The summed E-state index contributed by atoms with van der Waals surface area (Å²) in [6.45, 7) is 9.62. The zero-order chi connectivity index (χ0) is 15.5. The summed E-state index contributed by atoms with van der Waals surface area (Å²) in [5.41, 5.74) is 2.50. The van der Waals surface area contributed by atoms with Crippen molar-refractivity contribution in [2.45, 2.75) is 32.9 Å². The van der Waals surface area contributed by atoms with Gasteiger partial charge in [0, 0.05) is 19.7 Å². The van der Waals surface area contributed by atoms with E-state index < -0.39 is 0 Å². The Morgan fingerprint density at radius 2 is 1.76 bits per heavy atom. The molecule has 21 heavy (non-hydrogen) atoms. The van der Waals surface area contributed by atoms with Gasteiger partial charge in [-0.25, -0.2) is 0 Å². The van der Waals surface area contributed by atoms with Gasteiger partial charge in [-0.3, -0.25) is 0 Å². The molecule has 0 heterocycles. The normalized spacial score (nSPS) is 12.8. The van der Waals surface area contributed by atoms with Crippen molar-refractivity contribution < 1.29 is 14.2 Å². The Labute approximate surface area is 128 Å². The Hall–Kier alpha value is -0.940. The molecule has 0 spiro atoms. The lowest BCUT2D eigenvalue weighted by Crippen LogP contribution is -2.30. The molecule has 120 valence electrons. The highest BCUT2D eigenvalue weighted by Crippen LogP contribution is 2.20. The number of hydrogen-bond donors (Lipinski definition) is 1. The minimum atomic E-state index is 0.0552. The molecule has 1 aromatic rings. The minimum absolute atomic E-state index is 0.0552. The first-order chi connectivity index (χ1) is 10.1. The lowest BCUT2D eigenvalue weighted by molar-refractivity contribution is -0.00756. The third-order valence-electron chi connectivity index (χ3n) is 3.23. The Balaban J connectivity index is 2.47. The summed E-state index contributed by atoms with van der Waals surface area (Å²) in [7, 11) is 1.67. The van der Waals surface area contributed by atoms with Gasteiger partial charge in [0.15, 0.2) is 0 Å². The van der Waals surface area contributed by atoms with Crippen LogP contribution in [0.4, 0.5) is 0 Å². The molecule has 0 saturated carbocycles. The van der Waals surface area contributed by atoms with Gasteiger partial charge in [0.05, 0.1) is 32.5 Å². The van der Waals surface area contributed by atoms with Crippen LogP contribution in [0.15, 0.2) is 24.3 Å². The van der Waals surface area contributed by atoms with Crippen molar-refractivity contribution in [3.05, 3.63) is 35.4 Å². The standard InChI is InChI=1S/C17H29NO3/c1-14(2)18-13-17(16-8-6-5-7-15(16)3)21-12-11-20-10-9-19-4/h5-8,14,17-18H,9-13H2,1-4H3. The first-order valence-corrected chi connectivity index (χ1v) is 7.62. The summed E-state index contributed by atoms with van der Waals surface area (Å²) in [5, 5.41) is 3.45. The second-order valence-electron chi connectivity index (χ2n) is 5.38. The summed E-state index contributed by atoms with van der Waals surface area (Å²) in [4.78, 5) is 0. The van der Waals surface area contributed by atoms with Gasteiger partial charge in [0.1, 0.15) is 0 Å². The Morgan fingerprint density at radius 1 is 1.05 bits per heavy atom. The zero-order valence-corrected chi connectivity index (χ0v) is 13.7. The predicted octanol–water partition coefficient (Wildman–Crippen LogP) is 2.71. The van der Waals surface area contributed by atoms with Gasteiger partial charge in [-0.1, -0.05) is 38.1 Å². The molecule has 1 unspecified atom stereocenters. The molecule has 0 radical (unpaired) electrons. The summed E-state index contributed by atoms with van der Waals surface area (Å²) >= 11 is 0. The van der Waals surface area contributed by atoms with E-state index in [1.54, 1.807) is 7.11 Å². The molecule has 1 rings (SSSR count). The number of aryl methyl sites for hydroxylation is 1. The van der Waals surface area contributed by atoms with Crippen LogP contribution in [0.3, 0.4) is 0 Å². The maximum absolute atomic E-state index is 6.01.